The Balaban J connectivity index is 2.43. The maximum absolute atomic E-state index is 2.36. The van der Waals surface area contributed by atoms with E-state index in [1.54, 1.807) is 22.3 Å². The molecule has 0 aromatic heterocycles. The van der Waals surface area contributed by atoms with Crippen molar-refractivity contribution in [3.05, 3.63) is 22.3 Å². The normalized spacial score (nSPS) is 36.7. The van der Waals surface area contributed by atoms with E-state index in [1.807, 2.05) is 0 Å². The molecule has 0 aromatic carbocycles. The third kappa shape index (κ3) is 2.44. The highest BCUT2D eigenvalue weighted by atomic mass is 14.4. The van der Waals surface area contributed by atoms with E-state index in [4.69, 9.17) is 0 Å². The lowest BCUT2D eigenvalue weighted by molar-refractivity contribution is 0.170. The Morgan fingerprint density at radius 2 is 1.06 bits per heavy atom. The first kappa shape index (κ1) is 13.9. The van der Waals surface area contributed by atoms with Gasteiger partial charge in [0.05, 0.1) is 0 Å². The van der Waals surface area contributed by atoms with Crippen LogP contribution in [0.15, 0.2) is 22.3 Å². The van der Waals surface area contributed by atoms with Crippen molar-refractivity contribution in [1.82, 2.24) is 0 Å². The number of rotatable bonds is 4. The van der Waals surface area contributed by atoms with Gasteiger partial charge in [-0.3, -0.25) is 0 Å². The first-order chi connectivity index (χ1) is 8.74. The fourth-order valence-corrected chi connectivity index (χ4v) is 4.12. The maximum atomic E-state index is 2.36. The average molecular weight is 246 g/mol. The van der Waals surface area contributed by atoms with Crippen molar-refractivity contribution in [2.45, 2.75) is 79.1 Å². The second-order valence-corrected chi connectivity index (χ2v) is 6.08. The maximum Gasteiger partial charge on any atom is -0.0283 e. The average Bonchev–Trinajstić information content (AvgIpc) is 2.38. The molecule has 0 nitrogen and oxygen atoms in total. The molecule has 18 heavy (non-hydrogen) atoms. The molecule has 0 amide bonds. The summed E-state index contributed by atoms with van der Waals surface area (Å²) in [6.45, 7) is 9.43. The number of allylic oxidation sites excluding steroid dienone is 4. The van der Waals surface area contributed by atoms with Crippen molar-refractivity contribution in [2.75, 3.05) is 0 Å². The van der Waals surface area contributed by atoms with Crippen LogP contribution in [-0.2, 0) is 0 Å². The van der Waals surface area contributed by atoms with Crippen molar-refractivity contribution in [2.24, 2.45) is 11.8 Å². The standard InChI is InChI=1S/C18H30/c1-5-13-11-15-9-10-16(15)12-14(6-2)18(8-4)17(13)7-3/h15-16H,5-12H2,1-4H3/b17-13-,18-14-/t15-,16-/m0/s1. The van der Waals surface area contributed by atoms with Gasteiger partial charge < -0.3 is 0 Å². The number of hydrogen-bond donors (Lipinski definition) is 0. The minimum atomic E-state index is 1.02. The monoisotopic (exact) mass is 246 g/mol. The Bertz CT molecular complexity index is 320. The van der Waals surface area contributed by atoms with Crippen LogP contribution in [-0.4, -0.2) is 0 Å². The van der Waals surface area contributed by atoms with Gasteiger partial charge in [-0.25, -0.2) is 0 Å². The lowest BCUT2D eigenvalue weighted by Crippen LogP contribution is -2.28. The highest BCUT2D eigenvalue weighted by Gasteiger charge is 2.33. The van der Waals surface area contributed by atoms with Crippen LogP contribution in [0.5, 0.6) is 0 Å². The van der Waals surface area contributed by atoms with E-state index < -0.39 is 0 Å². The van der Waals surface area contributed by atoms with Crippen LogP contribution in [0.25, 0.3) is 0 Å². The zero-order chi connectivity index (χ0) is 13.1. The summed E-state index contributed by atoms with van der Waals surface area (Å²) >= 11 is 0. The largest absolute Gasteiger partial charge is 0.0667 e. The topological polar surface area (TPSA) is 0 Å². The number of fused-ring (bicyclic) bond motifs is 1. The third-order valence-electron chi connectivity index (χ3n) is 5.37. The summed E-state index contributed by atoms with van der Waals surface area (Å²) < 4.78 is 0. The van der Waals surface area contributed by atoms with E-state index >= 15 is 0 Å². The molecule has 0 aromatic rings. The van der Waals surface area contributed by atoms with E-state index in [0.717, 1.165) is 11.8 Å². The van der Waals surface area contributed by atoms with Crippen LogP contribution in [0.2, 0.25) is 0 Å². The molecule has 1 fully saturated rings. The molecule has 0 spiro atoms. The molecule has 2 aliphatic carbocycles. The fourth-order valence-electron chi connectivity index (χ4n) is 4.12. The summed E-state index contributed by atoms with van der Waals surface area (Å²) in [5.41, 5.74) is 7.05. The van der Waals surface area contributed by atoms with Gasteiger partial charge in [0.2, 0.25) is 0 Å². The molecule has 2 atom stereocenters. The lowest BCUT2D eigenvalue weighted by atomic mass is 9.65. The SMILES string of the molecule is CC/C1=C(CC)/C(CC)=C(/CC)C[C@@H]2CC[C@H]2C1. The molecular formula is C18H30. The smallest absolute Gasteiger partial charge is 0.0283 e. The van der Waals surface area contributed by atoms with Gasteiger partial charge in [-0.2, -0.15) is 0 Å². The minimum Gasteiger partial charge on any atom is -0.0667 e. The molecule has 2 aliphatic rings. The first-order valence-corrected chi connectivity index (χ1v) is 8.17. The van der Waals surface area contributed by atoms with Gasteiger partial charge >= 0.3 is 0 Å². The van der Waals surface area contributed by atoms with Crippen LogP contribution >= 0.6 is 0 Å². The van der Waals surface area contributed by atoms with E-state index in [-0.39, 0.29) is 0 Å². The summed E-state index contributed by atoms with van der Waals surface area (Å²) in [7, 11) is 0. The zero-order valence-electron chi connectivity index (χ0n) is 12.8. The van der Waals surface area contributed by atoms with Crippen molar-refractivity contribution in [3.63, 3.8) is 0 Å². The Morgan fingerprint density at radius 3 is 1.28 bits per heavy atom. The highest BCUT2D eigenvalue weighted by Crippen LogP contribution is 2.47. The third-order valence-corrected chi connectivity index (χ3v) is 5.37. The second kappa shape index (κ2) is 6.08. The highest BCUT2D eigenvalue weighted by molar-refractivity contribution is 5.40. The molecule has 0 aliphatic heterocycles. The van der Waals surface area contributed by atoms with Crippen LogP contribution in [0.1, 0.15) is 79.1 Å². The quantitative estimate of drug-likeness (QED) is 0.567. The zero-order valence-corrected chi connectivity index (χ0v) is 12.8. The first-order valence-electron chi connectivity index (χ1n) is 8.17. The van der Waals surface area contributed by atoms with Crippen LogP contribution in [0.4, 0.5) is 0 Å². The predicted octanol–water partition coefficient (Wildman–Crippen LogP) is 6.04. The van der Waals surface area contributed by atoms with Crippen LogP contribution in [0.3, 0.4) is 0 Å². The molecule has 1 saturated carbocycles. The lowest BCUT2D eigenvalue weighted by Gasteiger charge is -2.41. The van der Waals surface area contributed by atoms with Gasteiger partial charge in [-0.1, -0.05) is 38.8 Å². The summed E-state index contributed by atoms with van der Waals surface area (Å²) in [5.74, 6) is 2.03. The minimum absolute atomic E-state index is 1.02. The summed E-state index contributed by atoms with van der Waals surface area (Å²) in [5, 5.41) is 0. The van der Waals surface area contributed by atoms with Gasteiger partial charge in [0.15, 0.2) is 0 Å². The van der Waals surface area contributed by atoms with Crippen molar-refractivity contribution in [1.29, 1.82) is 0 Å². The molecule has 0 unspecified atom stereocenters. The van der Waals surface area contributed by atoms with Crippen molar-refractivity contribution < 1.29 is 0 Å². The van der Waals surface area contributed by atoms with E-state index in [0.29, 0.717) is 0 Å². The molecule has 102 valence electrons. The van der Waals surface area contributed by atoms with Gasteiger partial charge in [0.25, 0.3) is 0 Å². The Kier molecular flexibility index (Phi) is 4.70. The fraction of sp³-hybridized carbons (Fsp3) is 0.778. The van der Waals surface area contributed by atoms with Crippen LogP contribution in [0, 0.1) is 11.8 Å². The van der Waals surface area contributed by atoms with Crippen LogP contribution < -0.4 is 0 Å². The summed E-state index contributed by atoms with van der Waals surface area (Å²) in [6.07, 6.45) is 10.8. The second-order valence-electron chi connectivity index (χ2n) is 6.08. The molecule has 0 radical (unpaired) electrons. The van der Waals surface area contributed by atoms with Crippen molar-refractivity contribution in [3.8, 4) is 0 Å². The summed E-state index contributed by atoms with van der Waals surface area (Å²) in [4.78, 5) is 0. The molecule has 0 saturated heterocycles. The molecule has 0 N–H and O–H groups in total. The van der Waals surface area contributed by atoms with Gasteiger partial charge in [-0.15, -0.1) is 0 Å². The van der Waals surface area contributed by atoms with Crippen molar-refractivity contribution >= 4 is 0 Å². The van der Waals surface area contributed by atoms with E-state index in [1.165, 1.54) is 51.4 Å². The number of hydrogen-bond acceptors (Lipinski definition) is 0. The molecule has 0 heterocycles. The Labute approximate surface area is 114 Å². The molecule has 0 heteroatoms. The molecular weight excluding hydrogens is 216 g/mol. The Morgan fingerprint density at radius 1 is 0.667 bits per heavy atom. The van der Waals surface area contributed by atoms with Gasteiger partial charge in [-0.05, 0) is 74.3 Å². The summed E-state index contributed by atoms with van der Waals surface area (Å²) in [6, 6.07) is 0. The van der Waals surface area contributed by atoms with Gasteiger partial charge in [0.1, 0.15) is 0 Å². The molecule has 2 rings (SSSR count). The molecule has 0 bridgehead atoms. The van der Waals surface area contributed by atoms with E-state index in [9.17, 15) is 0 Å². The predicted molar refractivity (Wildman–Crippen MR) is 80.7 cm³/mol. The van der Waals surface area contributed by atoms with Gasteiger partial charge in [0, 0.05) is 0 Å². The Hall–Kier alpha value is -0.520. The van der Waals surface area contributed by atoms with E-state index in [2.05, 4.69) is 27.7 Å².